The molecule has 0 aromatic carbocycles. The van der Waals surface area contributed by atoms with Gasteiger partial charge in [-0.2, -0.15) is 0 Å². The van der Waals surface area contributed by atoms with Gasteiger partial charge in [0, 0.05) is 17.8 Å². The fourth-order valence-electron chi connectivity index (χ4n) is 5.83. The molecule has 21 heavy (non-hydrogen) atoms. The van der Waals surface area contributed by atoms with Crippen molar-refractivity contribution >= 4 is 5.65 Å². The molecule has 110 valence electrons. The Kier molecular flexibility index (Phi) is 2.31. The summed E-state index contributed by atoms with van der Waals surface area (Å²) in [4.78, 5) is 5.01. The van der Waals surface area contributed by atoms with Crippen LogP contribution >= 0.6 is 0 Å². The molecule has 3 heteroatoms. The number of nitrogens with zero attached hydrogens (tertiary/aromatic N) is 2. The number of hydrogen-bond acceptors (Lipinski definition) is 2. The topological polar surface area (TPSA) is 26.5 Å². The third kappa shape index (κ3) is 1.63. The molecule has 4 fully saturated rings. The zero-order valence-corrected chi connectivity index (χ0v) is 12.6. The smallest absolute Gasteiger partial charge is 0.179 e. The van der Waals surface area contributed by atoms with E-state index in [0.717, 1.165) is 29.2 Å². The van der Waals surface area contributed by atoms with E-state index in [1.54, 1.807) is 7.11 Å². The van der Waals surface area contributed by atoms with Gasteiger partial charge in [0.15, 0.2) is 11.4 Å². The molecule has 0 unspecified atom stereocenters. The first kappa shape index (κ1) is 12.1. The molecule has 4 saturated carbocycles. The molecule has 3 nitrogen and oxygen atoms in total. The molecule has 2 heterocycles. The van der Waals surface area contributed by atoms with E-state index < -0.39 is 0 Å². The Morgan fingerprint density at radius 1 is 1.14 bits per heavy atom. The molecule has 0 N–H and O–H groups in total. The molecule has 0 atom stereocenters. The average Bonchev–Trinajstić information content (AvgIpc) is 2.90. The van der Waals surface area contributed by atoms with Crippen LogP contribution in [-0.2, 0) is 5.41 Å². The van der Waals surface area contributed by atoms with Crippen LogP contribution in [0.4, 0.5) is 0 Å². The molecule has 0 amide bonds. The fourth-order valence-corrected chi connectivity index (χ4v) is 5.83. The maximum atomic E-state index is 5.48. The van der Waals surface area contributed by atoms with Gasteiger partial charge in [0.05, 0.1) is 12.8 Å². The number of imidazole rings is 1. The highest BCUT2D eigenvalue weighted by Crippen LogP contribution is 2.60. The SMILES string of the molecule is COc1cccn2cc(C34CC5CC(CC(C5)C3)C4)nc12. The van der Waals surface area contributed by atoms with Crippen molar-refractivity contribution in [2.45, 2.75) is 43.9 Å². The molecule has 0 radical (unpaired) electrons. The number of hydrogen-bond donors (Lipinski definition) is 0. The third-order valence-corrected chi connectivity index (χ3v) is 6.25. The Bertz CT molecular complexity index is 667. The molecule has 2 aromatic heterocycles. The number of ether oxygens (including phenoxy) is 1. The lowest BCUT2D eigenvalue weighted by molar-refractivity contribution is -0.00697. The van der Waals surface area contributed by atoms with E-state index in [-0.39, 0.29) is 0 Å². The van der Waals surface area contributed by atoms with Crippen LogP contribution in [0, 0.1) is 17.8 Å². The van der Waals surface area contributed by atoms with Gasteiger partial charge in [-0.25, -0.2) is 4.98 Å². The largest absolute Gasteiger partial charge is 0.493 e. The molecule has 4 aliphatic rings. The van der Waals surface area contributed by atoms with E-state index in [9.17, 15) is 0 Å². The number of rotatable bonds is 2. The zero-order valence-electron chi connectivity index (χ0n) is 12.6. The van der Waals surface area contributed by atoms with Crippen LogP contribution in [0.5, 0.6) is 5.75 Å². The predicted molar refractivity (Wildman–Crippen MR) is 81.6 cm³/mol. The summed E-state index contributed by atoms with van der Waals surface area (Å²) < 4.78 is 7.62. The first-order valence-corrected chi connectivity index (χ1v) is 8.28. The monoisotopic (exact) mass is 282 g/mol. The van der Waals surface area contributed by atoms with Crippen molar-refractivity contribution in [3.8, 4) is 5.75 Å². The Balaban J connectivity index is 1.64. The van der Waals surface area contributed by atoms with E-state index in [2.05, 4.69) is 16.8 Å². The minimum absolute atomic E-state index is 0.367. The third-order valence-electron chi connectivity index (χ3n) is 6.25. The minimum atomic E-state index is 0.367. The second kappa shape index (κ2) is 4.02. The highest BCUT2D eigenvalue weighted by atomic mass is 16.5. The molecule has 4 bridgehead atoms. The van der Waals surface area contributed by atoms with Crippen molar-refractivity contribution in [3.63, 3.8) is 0 Å². The van der Waals surface area contributed by atoms with E-state index >= 15 is 0 Å². The number of fused-ring (bicyclic) bond motifs is 1. The second-order valence-corrected chi connectivity index (χ2v) is 7.63. The summed E-state index contributed by atoms with van der Waals surface area (Å²) in [5, 5.41) is 0. The summed E-state index contributed by atoms with van der Waals surface area (Å²) in [5.41, 5.74) is 2.67. The van der Waals surface area contributed by atoms with Gasteiger partial charge >= 0.3 is 0 Å². The van der Waals surface area contributed by atoms with E-state index in [0.29, 0.717) is 5.41 Å². The van der Waals surface area contributed by atoms with Gasteiger partial charge in [0.25, 0.3) is 0 Å². The van der Waals surface area contributed by atoms with Crippen LogP contribution in [0.3, 0.4) is 0 Å². The van der Waals surface area contributed by atoms with Crippen LogP contribution in [0.15, 0.2) is 24.5 Å². The molecule has 6 rings (SSSR count). The van der Waals surface area contributed by atoms with Gasteiger partial charge in [-0.05, 0) is 68.4 Å². The maximum Gasteiger partial charge on any atom is 0.179 e. The standard InChI is InChI=1S/C18H22N2O/c1-21-15-3-2-4-20-11-16(19-17(15)20)18-8-12-5-13(9-18)7-14(6-12)10-18/h2-4,11-14H,5-10H2,1H3. The molecular weight excluding hydrogens is 260 g/mol. The zero-order chi connectivity index (χ0) is 14.0. The van der Waals surface area contributed by atoms with Crippen LogP contribution in [0.2, 0.25) is 0 Å². The van der Waals surface area contributed by atoms with Crippen LogP contribution < -0.4 is 4.74 Å². The molecule has 2 aromatic rings. The summed E-state index contributed by atoms with van der Waals surface area (Å²) in [6.07, 6.45) is 12.9. The van der Waals surface area contributed by atoms with Crippen molar-refractivity contribution in [3.05, 3.63) is 30.2 Å². The van der Waals surface area contributed by atoms with E-state index in [1.165, 1.54) is 44.2 Å². The molecule has 0 aliphatic heterocycles. The van der Waals surface area contributed by atoms with Gasteiger partial charge in [0.1, 0.15) is 0 Å². The van der Waals surface area contributed by atoms with E-state index in [1.807, 2.05) is 12.1 Å². The number of pyridine rings is 1. The molecule has 0 saturated heterocycles. The fraction of sp³-hybridized carbons (Fsp3) is 0.611. The van der Waals surface area contributed by atoms with Crippen LogP contribution in [0.1, 0.15) is 44.2 Å². The summed E-state index contributed by atoms with van der Waals surface area (Å²) in [6.45, 7) is 0. The maximum absolute atomic E-state index is 5.48. The summed E-state index contributed by atoms with van der Waals surface area (Å²) >= 11 is 0. The van der Waals surface area contributed by atoms with Crippen LogP contribution in [-0.4, -0.2) is 16.5 Å². The van der Waals surface area contributed by atoms with Gasteiger partial charge in [-0.1, -0.05) is 0 Å². The minimum Gasteiger partial charge on any atom is -0.493 e. The van der Waals surface area contributed by atoms with Crippen molar-refractivity contribution in [2.75, 3.05) is 7.11 Å². The Hall–Kier alpha value is -1.51. The predicted octanol–water partition coefficient (Wildman–Crippen LogP) is 3.81. The van der Waals surface area contributed by atoms with Crippen LogP contribution in [0.25, 0.3) is 5.65 Å². The van der Waals surface area contributed by atoms with Crippen molar-refractivity contribution < 1.29 is 4.74 Å². The summed E-state index contributed by atoms with van der Waals surface area (Å²) in [6, 6.07) is 4.04. The summed E-state index contributed by atoms with van der Waals surface area (Å²) in [5.74, 6) is 3.77. The van der Waals surface area contributed by atoms with Crippen molar-refractivity contribution in [1.82, 2.24) is 9.38 Å². The average molecular weight is 282 g/mol. The first-order valence-electron chi connectivity index (χ1n) is 8.28. The Morgan fingerprint density at radius 2 is 1.81 bits per heavy atom. The first-order chi connectivity index (χ1) is 10.3. The lowest BCUT2D eigenvalue weighted by Gasteiger charge is -2.56. The number of aromatic nitrogens is 2. The highest BCUT2D eigenvalue weighted by Gasteiger charge is 2.52. The van der Waals surface area contributed by atoms with Gasteiger partial charge < -0.3 is 9.14 Å². The lowest BCUT2D eigenvalue weighted by atomic mass is 9.49. The van der Waals surface area contributed by atoms with E-state index in [4.69, 9.17) is 9.72 Å². The Labute approximate surface area is 125 Å². The molecular formula is C18H22N2O. The number of methoxy groups -OCH3 is 1. The second-order valence-electron chi connectivity index (χ2n) is 7.63. The highest BCUT2D eigenvalue weighted by molar-refractivity contribution is 5.55. The van der Waals surface area contributed by atoms with Gasteiger partial charge in [-0.15, -0.1) is 0 Å². The molecule has 0 spiro atoms. The normalized spacial score (nSPS) is 37.3. The lowest BCUT2D eigenvalue weighted by Crippen LogP contribution is -2.48. The van der Waals surface area contributed by atoms with Gasteiger partial charge in [-0.3, -0.25) is 0 Å². The Morgan fingerprint density at radius 3 is 2.43 bits per heavy atom. The van der Waals surface area contributed by atoms with Crippen molar-refractivity contribution in [2.24, 2.45) is 17.8 Å². The summed E-state index contributed by atoms with van der Waals surface area (Å²) in [7, 11) is 1.73. The quantitative estimate of drug-likeness (QED) is 0.837. The molecule has 4 aliphatic carbocycles. The van der Waals surface area contributed by atoms with Gasteiger partial charge in [0.2, 0.25) is 0 Å². The van der Waals surface area contributed by atoms with Crippen molar-refractivity contribution in [1.29, 1.82) is 0 Å².